The number of nitrogens with zero attached hydrogens (tertiary/aromatic N) is 4. The zero-order valence-corrected chi connectivity index (χ0v) is 16.5. The van der Waals surface area contributed by atoms with Gasteiger partial charge in [-0.2, -0.15) is 14.8 Å². The van der Waals surface area contributed by atoms with E-state index in [-0.39, 0.29) is 0 Å². The van der Waals surface area contributed by atoms with Crippen LogP contribution in [0.15, 0.2) is 65.1 Å². The molecule has 3 aromatic heterocycles. The molecule has 0 amide bonds. The minimum Gasteiger partial charge on any atom is -0.423 e. The lowest BCUT2D eigenvalue weighted by molar-refractivity contribution is 0.621. The summed E-state index contributed by atoms with van der Waals surface area (Å²) < 4.78 is 7.67. The van der Waals surface area contributed by atoms with Crippen molar-refractivity contribution < 1.29 is 4.42 Å². The zero-order valence-electron chi connectivity index (χ0n) is 16.5. The molecule has 29 heavy (non-hydrogen) atoms. The Morgan fingerprint density at radius 2 is 1.79 bits per heavy atom. The summed E-state index contributed by atoms with van der Waals surface area (Å²) in [4.78, 5) is 9.35. The van der Waals surface area contributed by atoms with Crippen molar-refractivity contribution in [3.8, 4) is 5.82 Å². The second-order valence-electron chi connectivity index (χ2n) is 7.47. The third-order valence-electron chi connectivity index (χ3n) is 4.95. The Hall–Kier alpha value is -3.67. The maximum Gasteiger partial charge on any atom is 0.301 e. The van der Waals surface area contributed by atoms with Crippen molar-refractivity contribution in [2.24, 2.45) is 0 Å². The van der Waals surface area contributed by atoms with Crippen LogP contribution in [0.3, 0.4) is 0 Å². The molecule has 2 aromatic carbocycles. The number of anilines is 2. The number of oxazole rings is 1. The molecular weight excluding hydrogens is 362 g/mol. The average molecular weight is 383 g/mol. The van der Waals surface area contributed by atoms with E-state index in [2.05, 4.69) is 41.4 Å². The molecule has 0 aliphatic rings. The fraction of sp³-hybridized carbons (Fsp3) is 0.174. The standard InChI is InChI=1S/C23H21N5O/c1-14(2)17-8-10-20-19(13-17)25-23(29-20)26-22-12-15(3)27-28(22)21-11-9-16-6-4-5-7-18(16)24-21/h4-14H,1-3H3,(H,25,26). The minimum atomic E-state index is 0.433. The maximum atomic E-state index is 5.89. The topological polar surface area (TPSA) is 68.8 Å². The van der Waals surface area contributed by atoms with E-state index in [1.165, 1.54) is 5.56 Å². The molecule has 5 aromatic rings. The molecule has 0 fully saturated rings. The number of hydrogen-bond donors (Lipinski definition) is 1. The van der Waals surface area contributed by atoms with E-state index in [9.17, 15) is 0 Å². The van der Waals surface area contributed by atoms with Crippen molar-refractivity contribution in [3.63, 3.8) is 0 Å². The molecule has 0 spiro atoms. The minimum absolute atomic E-state index is 0.433. The Labute approximate surface area is 168 Å². The van der Waals surface area contributed by atoms with Gasteiger partial charge in [-0.25, -0.2) is 4.98 Å². The molecule has 0 atom stereocenters. The van der Waals surface area contributed by atoms with Gasteiger partial charge in [0.25, 0.3) is 0 Å². The quantitative estimate of drug-likeness (QED) is 0.429. The van der Waals surface area contributed by atoms with E-state index in [4.69, 9.17) is 9.40 Å². The van der Waals surface area contributed by atoms with Gasteiger partial charge < -0.3 is 4.42 Å². The summed E-state index contributed by atoms with van der Waals surface area (Å²) >= 11 is 0. The Balaban J connectivity index is 1.53. The molecule has 0 radical (unpaired) electrons. The molecule has 0 unspecified atom stereocenters. The number of pyridine rings is 1. The highest BCUT2D eigenvalue weighted by molar-refractivity contribution is 5.79. The van der Waals surface area contributed by atoms with Gasteiger partial charge in [-0.05, 0) is 48.7 Å². The SMILES string of the molecule is Cc1cc(Nc2nc3cc(C(C)C)ccc3o2)n(-c2ccc3ccccc3n2)n1. The van der Waals surface area contributed by atoms with E-state index in [1.54, 1.807) is 4.68 Å². The third-order valence-corrected chi connectivity index (χ3v) is 4.95. The molecule has 0 aliphatic carbocycles. The Morgan fingerprint density at radius 3 is 2.66 bits per heavy atom. The molecule has 0 aliphatic heterocycles. The Morgan fingerprint density at radius 1 is 0.931 bits per heavy atom. The normalized spacial score (nSPS) is 11.6. The molecule has 0 saturated heterocycles. The van der Waals surface area contributed by atoms with E-state index < -0.39 is 0 Å². The number of benzene rings is 2. The van der Waals surface area contributed by atoms with E-state index in [1.807, 2.05) is 55.5 Å². The lowest BCUT2D eigenvalue weighted by atomic mass is 10.0. The summed E-state index contributed by atoms with van der Waals surface area (Å²) in [6.07, 6.45) is 0. The molecule has 3 heterocycles. The van der Waals surface area contributed by atoms with Gasteiger partial charge >= 0.3 is 6.01 Å². The molecule has 6 heteroatoms. The van der Waals surface area contributed by atoms with Crippen LogP contribution in [0, 0.1) is 6.92 Å². The lowest BCUT2D eigenvalue weighted by Gasteiger charge is -2.07. The van der Waals surface area contributed by atoms with Crippen LogP contribution in [0.5, 0.6) is 0 Å². The predicted octanol–water partition coefficient (Wildman–Crippen LogP) is 5.74. The second-order valence-corrected chi connectivity index (χ2v) is 7.47. The van der Waals surface area contributed by atoms with Gasteiger partial charge in [-0.1, -0.05) is 38.1 Å². The van der Waals surface area contributed by atoms with Crippen molar-refractivity contribution in [1.29, 1.82) is 0 Å². The molecule has 1 N–H and O–H groups in total. The first-order valence-electron chi connectivity index (χ1n) is 9.67. The van der Waals surface area contributed by atoms with Gasteiger partial charge in [-0.3, -0.25) is 5.32 Å². The van der Waals surface area contributed by atoms with E-state index in [0.717, 1.165) is 39.3 Å². The number of fused-ring (bicyclic) bond motifs is 2. The fourth-order valence-corrected chi connectivity index (χ4v) is 3.40. The maximum absolute atomic E-state index is 5.89. The van der Waals surface area contributed by atoms with Crippen molar-refractivity contribution in [3.05, 3.63) is 71.9 Å². The second kappa shape index (κ2) is 6.74. The summed E-state index contributed by atoms with van der Waals surface area (Å²) in [5.41, 5.74) is 4.63. The fourth-order valence-electron chi connectivity index (χ4n) is 3.40. The number of nitrogens with one attached hydrogen (secondary N) is 1. The van der Waals surface area contributed by atoms with Crippen molar-refractivity contribution >= 4 is 33.8 Å². The predicted molar refractivity (Wildman–Crippen MR) is 115 cm³/mol. The Bertz CT molecular complexity index is 1330. The highest BCUT2D eigenvalue weighted by Gasteiger charge is 2.14. The van der Waals surface area contributed by atoms with Crippen LogP contribution in [0.1, 0.15) is 31.0 Å². The zero-order chi connectivity index (χ0) is 20.0. The van der Waals surface area contributed by atoms with Crippen molar-refractivity contribution in [2.45, 2.75) is 26.7 Å². The monoisotopic (exact) mass is 383 g/mol. The molecule has 6 nitrogen and oxygen atoms in total. The van der Waals surface area contributed by atoms with Crippen LogP contribution in [0.4, 0.5) is 11.8 Å². The van der Waals surface area contributed by atoms with Gasteiger partial charge in [0.15, 0.2) is 11.4 Å². The van der Waals surface area contributed by atoms with E-state index in [0.29, 0.717) is 11.9 Å². The number of hydrogen-bond acceptors (Lipinski definition) is 5. The Kier molecular flexibility index (Phi) is 4.05. The van der Waals surface area contributed by atoms with Gasteiger partial charge in [-0.15, -0.1) is 0 Å². The molecule has 144 valence electrons. The van der Waals surface area contributed by atoms with Gasteiger partial charge in [0.2, 0.25) is 0 Å². The van der Waals surface area contributed by atoms with Crippen LogP contribution >= 0.6 is 0 Å². The van der Waals surface area contributed by atoms with Crippen molar-refractivity contribution in [1.82, 2.24) is 19.7 Å². The first kappa shape index (κ1) is 17.4. The summed E-state index contributed by atoms with van der Waals surface area (Å²) in [6, 6.07) is 20.5. The van der Waals surface area contributed by atoms with Gasteiger partial charge in [0.05, 0.1) is 11.2 Å². The highest BCUT2D eigenvalue weighted by Crippen LogP contribution is 2.27. The summed E-state index contributed by atoms with van der Waals surface area (Å²) in [5, 5.41) is 8.95. The van der Waals surface area contributed by atoms with Crippen molar-refractivity contribution in [2.75, 3.05) is 5.32 Å². The largest absolute Gasteiger partial charge is 0.423 e. The number of para-hydroxylation sites is 1. The summed E-state index contributed by atoms with van der Waals surface area (Å²) in [5.74, 6) is 1.92. The molecule has 0 saturated carbocycles. The van der Waals surface area contributed by atoms with Gasteiger partial charge in [0, 0.05) is 11.5 Å². The smallest absolute Gasteiger partial charge is 0.301 e. The third kappa shape index (κ3) is 3.23. The number of aryl methyl sites for hydroxylation is 1. The summed E-state index contributed by atoms with van der Waals surface area (Å²) in [7, 11) is 0. The number of aromatic nitrogens is 4. The lowest BCUT2D eigenvalue weighted by Crippen LogP contribution is -2.04. The van der Waals surface area contributed by atoms with Crippen LogP contribution in [-0.2, 0) is 0 Å². The average Bonchev–Trinajstić information content (AvgIpc) is 3.29. The highest BCUT2D eigenvalue weighted by atomic mass is 16.4. The first-order chi connectivity index (χ1) is 14.1. The molecule has 5 rings (SSSR count). The van der Waals surface area contributed by atoms with Crippen LogP contribution < -0.4 is 5.32 Å². The van der Waals surface area contributed by atoms with Crippen LogP contribution in [-0.4, -0.2) is 19.7 Å². The first-order valence-corrected chi connectivity index (χ1v) is 9.67. The van der Waals surface area contributed by atoms with Crippen LogP contribution in [0.25, 0.3) is 27.8 Å². The summed E-state index contributed by atoms with van der Waals surface area (Å²) in [6.45, 7) is 6.28. The van der Waals surface area contributed by atoms with E-state index >= 15 is 0 Å². The van der Waals surface area contributed by atoms with Crippen LogP contribution in [0.2, 0.25) is 0 Å². The molecule has 0 bridgehead atoms. The van der Waals surface area contributed by atoms with Gasteiger partial charge in [0.1, 0.15) is 11.3 Å². The number of rotatable bonds is 4. The molecular formula is C23H21N5O.